The summed E-state index contributed by atoms with van der Waals surface area (Å²) in [5.41, 5.74) is 3.04. The predicted molar refractivity (Wildman–Crippen MR) is 131 cm³/mol. The number of aromatic carboxylic acids is 1. The molecule has 6 rings (SSSR count). The number of rotatable bonds is 8. The topological polar surface area (TPSA) is 87.7 Å². The Bertz CT molecular complexity index is 1290. The Labute approximate surface area is 215 Å². The monoisotopic (exact) mass is 533 g/mol. The minimum atomic E-state index is -4.78. The highest BCUT2D eigenvalue weighted by atomic mass is 32.1. The van der Waals surface area contributed by atoms with Gasteiger partial charge in [0.1, 0.15) is 5.75 Å². The van der Waals surface area contributed by atoms with Gasteiger partial charge >= 0.3 is 12.3 Å². The number of piperidine rings is 1. The summed E-state index contributed by atoms with van der Waals surface area (Å²) >= 11 is 1.36. The lowest BCUT2D eigenvalue weighted by atomic mass is 9.99. The van der Waals surface area contributed by atoms with E-state index < -0.39 is 12.3 Å². The van der Waals surface area contributed by atoms with Gasteiger partial charge in [-0.3, -0.25) is 0 Å². The van der Waals surface area contributed by atoms with Crippen molar-refractivity contribution < 1.29 is 32.5 Å². The van der Waals surface area contributed by atoms with Crippen LogP contribution in [0.5, 0.6) is 5.75 Å². The Balaban J connectivity index is 1.20. The van der Waals surface area contributed by atoms with Crippen LogP contribution < -0.4 is 9.64 Å². The first-order valence-electron chi connectivity index (χ1n) is 12.4. The number of anilines is 1. The smallest absolute Gasteiger partial charge is 0.476 e. The van der Waals surface area contributed by atoms with Gasteiger partial charge < -0.3 is 24.5 Å². The maximum absolute atomic E-state index is 13.1. The fraction of sp³-hybridized carbons (Fsp3) is 0.462. The van der Waals surface area contributed by atoms with Crippen LogP contribution in [0.2, 0.25) is 0 Å². The zero-order valence-corrected chi connectivity index (χ0v) is 20.6. The van der Waals surface area contributed by atoms with Crippen LogP contribution >= 0.6 is 11.3 Å². The van der Waals surface area contributed by atoms with Crippen molar-refractivity contribution in [1.82, 2.24) is 9.97 Å². The predicted octanol–water partition coefficient (Wildman–Crippen LogP) is 6.33. The summed E-state index contributed by atoms with van der Waals surface area (Å²) < 4.78 is 49.9. The molecule has 0 spiro atoms. The van der Waals surface area contributed by atoms with Crippen molar-refractivity contribution in [2.24, 2.45) is 0 Å². The highest BCUT2D eigenvalue weighted by Crippen LogP contribution is 2.46. The van der Waals surface area contributed by atoms with Gasteiger partial charge in [0, 0.05) is 46.0 Å². The van der Waals surface area contributed by atoms with Crippen molar-refractivity contribution in [2.75, 3.05) is 4.90 Å². The summed E-state index contributed by atoms with van der Waals surface area (Å²) in [5.74, 6) is -0.883. The molecule has 0 amide bonds. The molecule has 0 radical (unpaired) electrons. The van der Waals surface area contributed by atoms with Gasteiger partial charge in [0.25, 0.3) is 0 Å². The lowest BCUT2D eigenvalue weighted by molar-refractivity contribution is -0.274. The number of halogens is 3. The first kappa shape index (κ1) is 24.3. The summed E-state index contributed by atoms with van der Waals surface area (Å²) in [7, 11) is 0. The van der Waals surface area contributed by atoms with Gasteiger partial charge in [0.05, 0.1) is 12.7 Å². The van der Waals surface area contributed by atoms with E-state index in [1.807, 2.05) is 0 Å². The van der Waals surface area contributed by atoms with E-state index in [9.17, 15) is 23.1 Å². The zero-order chi connectivity index (χ0) is 25.7. The van der Waals surface area contributed by atoms with Gasteiger partial charge in [-0.25, -0.2) is 9.78 Å². The molecule has 11 heteroatoms. The second-order valence-electron chi connectivity index (χ2n) is 9.93. The zero-order valence-electron chi connectivity index (χ0n) is 19.8. The van der Waals surface area contributed by atoms with E-state index in [1.165, 1.54) is 23.5 Å². The highest BCUT2D eigenvalue weighted by molar-refractivity contribution is 7.14. The second kappa shape index (κ2) is 9.36. The maximum atomic E-state index is 13.1. The third-order valence-electron chi connectivity index (χ3n) is 7.50. The normalized spacial score (nSPS) is 23.4. The third-order valence-corrected chi connectivity index (χ3v) is 8.35. The van der Waals surface area contributed by atoms with Crippen molar-refractivity contribution in [3.05, 3.63) is 52.8 Å². The van der Waals surface area contributed by atoms with Gasteiger partial charge in [0.2, 0.25) is 0 Å². The molecule has 4 heterocycles. The first-order chi connectivity index (χ1) is 17.8. The number of hydrogen-bond acceptors (Lipinski definition) is 6. The molecular formula is C26H26F3N3O4S. The average molecular weight is 534 g/mol. The molecule has 1 aromatic carbocycles. The molecule has 2 aliphatic heterocycles. The van der Waals surface area contributed by atoms with E-state index in [4.69, 9.17) is 4.74 Å². The Morgan fingerprint density at radius 1 is 1.14 bits per heavy atom. The van der Waals surface area contributed by atoms with E-state index in [2.05, 4.69) is 19.6 Å². The fourth-order valence-corrected chi connectivity index (χ4v) is 6.70. The molecule has 2 atom stereocenters. The molecule has 1 saturated carbocycles. The molecule has 2 aromatic heterocycles. The van der Waals surface area contributed by atoms with E-state index in [-0.39, 0.29) is 29.6 Å². The SMILES string of the molecule is O=C(O)c1csc(N2C3CCC2CC(OCc2c(-c4ccccc4OC(F)(F)F)c[nH]c2C2CC2)C3)n1. The van der Waals surface area contributed by atoms with Crippen LogP contribution in [0.3, 0.4) is 0 Å². The Kier molecular flexibility index (Phi) is 6.15. The number of benzene rings is 1. The van der Waals surface area contributed by atoms with Crippen molar-refractivity contribution in [2.45, 2.75) is 75.6 Å². The molecule has 2 N–H and O–H groups in total. The van der Waals surface area contributed by atoms with E-state index in [0.29, 0.717) is 23.7 Å². The van der Waals surface area contributed by atoms with Crippen molar-refractivity contribution in [3.63, 3.8) is 0 Å². The van der Waals surface area contributed by atoms with Crippen molar-refractivity contribution in [1.29, 1.82) is 0 Å². The number of carbonyl (C=O) groups is 1. The van der Waals surface area contributed by atoms with Gasteiger partial charge in [0.15, 0.2) is 10.8 Å². The molecule has 2 saturated heterocycles. The average Bonchev–Trinajstić information content (AvgIpc) is 3.30. The molecule has 3 fully saturated rings. The highest BCUT2D eigenvalue weighted by Gasteiger charge is 2.43. The van der Waals surface area contributed by atoms with Crippen LogP contribution in [0.1, 0.15) is 66.2 Å². The van der Waals surface area contributed by atoms with Gasteiger partial charge in [-0.15, -0.1) is 24.5 Å². The standard InChI is InChI=1S/C26H26F3N3O4S/c27-26(28,29)36-22-4-2-1-3-18(22)19-11-30-23(14-5-6-14)20(19)12-35-17-9-15-7-8-16(10-17)32(15)25-31-21(13-37-25)24(33)34/h1-4,11,13-17,30H,5-10,12H2,(H,33,34). The number of aromatic nitrogens is 2. The number of nitrogens with one attached hydrogen (secondary N) is 1. The number of thiazole rings is 1. The number of carboxylic acid groups (broad SMARTS) is 1. The van der Waals surface area contributed by atoms with Gasteiger partial charge in [-0.05, 0) is 50.5 Å². The molecule has 2 bridgehead atoms. The number of aromatic amines is 1. The van der Waals surface area contributed by atoms with Crippen LogP contribution in [-0.4, -0.2) is 45.6 Å². The number of para-hydroxylation sites is 1. The van der Waals surface area contributed by atoms with Crippen molar-refractivity contribution in [3.8, 4) is 16.9 Å². The largest absolute Gasteiger partial charge is 0.573 e. The van der Waals surface area contributed by atoms with Crippen LogP contribution in [-0.2, 0) is 11.3 Å². The minimum absolute atomic E-state index is 0.00382. The first-order valence-corrected chi connectivity index (χ1v) is 13.3. The molecule has 7 nitrogen and oxygen atoms in total. The molecule has 2 unspecified atom stereocenters. The molecular weight excluding hydrogens is 507 g/mol. The second-order valence-corrected chi connectivity index (χ2v) is 10.8. The van der Waals surface area contributed by atoms with Gasteiger partial charge in [-0.1, -0.05) is 18.2 Å². The quantitative estimate of drug-likeness (QED) is 0.352. The molecule has 196 valence electrons. The van der Waals surface area contributed by atoms with Crippen LogP contribution in [0.4, 0.5) is 18.3 Å². The van der Waals surface area contributed by atoms with Gasteiger partial charge in [-0.2, -0.15) is 0 Å². The summed E-state index contributed by atoms with van der Waals surface area (Å²) in [6.45, 7) is 0.301. The Hall–Kier alpha value is -3.05. The maximum Gasteiger partial charge on any atom is 0.573 e. The van der Waals surface area contributed by atoms with E-state index in [0.717, 1.165) is 54.9 Å². The Morgan fingerprint density at radius 2 is 1.86 bits per heavy atom. The number of hydrogen-bond donors (Lipinski definition) is 2. The number of H-pyrrole nitrogens is 1. The van der Waals surface area contributed by atoms with E-state index >= 15 is 0 Å². The summed E-state index contributed by atoms with van der Waals surface area (Å²) in [6.07, 6.45) is 2.66. The van der Waals surface area contributed by atoms with Crippen LogP contribution in [0.25, 0.3) is 11.1 Å². The number of nitrogens with zero attached hydrogens (tertiary/aromatic N) is 2. The molecule has 3 aliphatic rings. The molecule has 3 aromatic rings. The number of ether oxygens (including phenoxy) is 2. The molecule has 1 aliphatic carbocycles. The lowest BCUT2D eigenvalue weighted by Gasteiger charge is -2.38. The third kappa shape index (κ3) is 4.94. The fourth-order valence-electron chi connectivity index (χ4n) is 5.76. The molecule has 37 heavy (non-hydrogen) atoms. The summed E-state index contributed by atoms with van der Waals surface area (Å²) in [6, 6.07) is 6.66. The minimum Gasteiger partial charge on any atom is -0.476 e. The number of fused-ring (bicyclic) bond motifs is 2. The lowest BCUT2D eigenvalue weighted by Crippen LogP contribution is -2.45. The number of carboxylic acids is 1. The van der Waals surface area contributed by atoms with Crippen LogP contribution in [0, 0.1) is 0 Å². The Morgan fingerprint density at radius 3 is 2.51 bits per heavy atom. The van der Waals surface area contributed by atoms with Crippen molar-refractivity contribution >= 4 is 22.4 Å². The summed E-state index contributed by atoms with van der Waals surface area (Å²) in [5, 5.41) is 11.5. The van der Waals surface area contributed by atoms with E-state index in [1.54, 1.807) is 23.7 Å². The van der Waals surface area contributed by atoms with Crippen LogP contribution in [0.15, 0.2) is 35.8 Å². The summed E-state index contributed by atoms with van der Waals surface area (Å²) in [4.78, 5) is 21.1. The number of alkyl halides is 3.